The van der Waals surface area contributed by atoms with Gasteiger partial charge in [0.05, 0.1) is 42.8 Å². The molecule has 1 saturated heterocycles. The van der Waals surface area contributed by atoms with Crippen LogP contribution < -0.4 is 10.1 Å². The van der Waals surface area contributed by atoms with E-state index in [0.717, 1.165) is 64.3 Å². The van der Waals surface area contributed by atoms with Crippen molar-refractivity contribution in [1.82, 2.24) is 15.3 Å². The van der Waals surface area contributed by atoms with Crippen molar-refractivity contribution in [1.29, 1.82) is 0 Å². The van der Waals surface area contributed by atoms with Crippen LogP contribution in [-0.4, -0.2) is 41.7 Å². The molecule has 1 fully saturated rings. The van der Waals surface area contributed by atoms with Crippen molar-refractivity contribution in [3.05, 3.63) is 58.9 Å². The Balaban J connectivity index is 1.47. The molecule has 6 nitrogen and oxygen atoms in total. The van der Waals surface area contributed by atoms with Crippen LogP contribution in [0.25, 0.3) is 22.5 Å². The Bertz CT molecular complexity index is 1160. The fraction of sp³-hybridized carbons (Fsp3) is 0.304. The topological polar surface area (TPSA) is 76.2 Å². The van der Waals surface area contributed by atoms with Crippen LogP contribution in [0.2, 0.25) is 0 Å². The van der Waals surface area contributed by atoms with Crippen LogP contribution in [0.3, 0.4) is 0 Å². The predicted molar refractivity (Wildman–Crippen MR) is 108 cm³/mol. The van der Waals surface area contributed by atoms with E-state index in [9.17, 15) is 4.79 Å². The molecular formula is C23H21N3O3. The van der Waals surface area contributed by atoms with Gasteiger partial charge in [0.15, 0.2) is 0 Å². The molecule has 1 aromatic carbocycles. The number of carbonyl (C=O) groups excluding carboxylic acids is 1. The Morgan fingerprint density at radius 2 is 2.10 bits per heavy atom. The number of aromatic amines is 1. The lowest BCUT2D eigenvalue weighted by atomic mass is 9.83. The van der Waals surface area contributed by atoms with E-state index in [0.29, 0.717) is 13.2 Å². The summed E-state index contributed by atoms with van der Waals surface area (Å²) in [5.41, 5.74) is 8.10. The highest BCUT2D eigenvalue weighted by Crippen LogP contribution is 2.41. The monoisotopic (exact) mass is 387 g/mol. The number of methoxy groups -OCH3 is 1. The van der Waals surface area contributed by atoms with Gasteiger partial charge < -0.3 is 19.8 Å². The molecule has 4 heterocycles. The lowest BCUT2D eigenvalue weighted by Crippen LogP contribution is -2.65. The average Bonchev–Trinajstić information content (AvgIpc) is 3.11. The first kappa shape index (κ1) is 16.8. The summed E-state index contributed by atoms with van der Waals surface area (Å²) in [5.74, 6) is 0.834. The number of fused-ring (bicyclic) bond motifs is 5. The first-order chi connectivity index (χ1) is 14.2. The summed E-state index contributed by atoms with van der Waals surface area (Å²) in [7, 11) is 1.67. The van der Waals surface area contributed by atoms with Gasteiger partial charge in [0.2, 0.25) is 0 Å². The van der Waals surface area contributed by atoms with Crippen molar-refractivity contribution < 1.29 is 14.3 Å². The van der Waals surface area contributed by atoms with Gasteiger partial charge in [-0.05, 0) is 42.2 Å². The van der Waals surface area contributed by atoms with Crippen LogP contribution in [0, 0.1) is 0 Å². The van der Waals surface area contributed by atoms with Crippen LogP contribution >= 0.6 is 0 Å². The number of hydrogen-bond donors (Lipinski definition) is 2. The van der Waals surface area contributed by atoms with Crippen molar-refractivity contribution in [2.75, 3.05) is 20.3 Å². The average molecular weight is 387 g/mol. The Labute approximate surface area is 168 Å². The number of rotatable bonds is 2. The number of carbonyl (C=O) groups is 1. The molecule has 2 N–H and O–H groups in total. The normalized spacial score (nSPS) is 18.3. The van der Waals surface area contributed by atoms with Crippen LogP contribution in [0.1, 0.15) is 27.2 Å². The van der Waals surface area contributed by atoms with Crippen molar-refractivity contribution in [3.8, 4) is 28.3 Å². The Morgan fingerprint density at radius 3 is 2.90 bits per heavy atom. The van der Waals surface area contributed by atoms with E-state index < -0.39 is 0 Å². The summed E-state index contributed by atoms with van der Waals surface area (Å²) >= 11 is 0. The van der Waals surface area contributed by atoms with Crippen LogP contribution in [0.5, 0.6) is 5.75 Å². The van der Waals surface area contributed by atoms with Gasteiger partial charge in [-0.2, -0.15) is 0 Å². The lowest BCUT2D eigenvalue weighted by Gasteiger charge is -2.44. The van der Waals surface area contributed by atoms with E-state index in [1.165, 1.54) is 5.56 Å². The van der Waals surface area contributed by atoms with Crippen molar-refractivity contribution in [2.24, 2.45) is 0 Å². The molecule has 3 aromatic rings. The molecule has 0 saturated carbocycles. The van der Waals surface area contributed by atoms with E-state index in [1.807, 2.05) is 30.5 Å². The summed E-state index contributed by atoms with van der Waals surface area (Å²) in [6.45, 7) is 1.17. The number of aromatic nitrogens is 2. The minimum Gasteiger partial charge on any atom is -0.497 e. The highest BCUT2D eigenvalue weighted by molar-refractivity contribution is 6.01. The third-order valence-corrected chi connectivity index (χ3v) is 6.32. The van der Waals surface area contributed by atoms with Crippen molar-refractivity contribution in [2.45, 2.75) is 24.8 Å². The zero-order valence-corrected chi connectivity index (χ0v) is 16.2. The SMILES string of the molecule is COc1cccc(-c2cc3c(cn2)CCc2c-3[nH]c3c2C(=O)NC2(COC2)C3)c1. The molecule has 6 rings (SSSR count). The Kier molecular flexibility index (Phi) is 3.44. The van der Waals surface area contributed by atoms with Gasteiger partial charge in [0.1, 0.15) is 5.75 Å². The number of hydrogen-bond acceptors (Lipinski definition) is 4. The minimum atomic E-state index is -0.232. The smallest absolute Gasteiger partial charge is 0.254 e. The summed E-state index contributed by atoms with van der Waals surface area (Å²) in [6, 6.07) is 10.1. The third kappa shape index (κ3) is 2.45. The molecule has 146 valence electrons. The fourth-order valence-electron chi connectivity index (χ4n) is 4.81. The summed E-state index contributed by atoms with van der Waals surface area (Å²) < 4.78 is 10.7. The second kappa shape index (κ2) is 5.94. The quantitative estimate of drug-likeness (QED) is 0.709. The van der Waals surface area contributed by atoms with Crippen molar-refractivity contribution >= 4 is 5.91 Å². The molecule has 1 amide bonds. The molecule has 0 atom stereocenters. The number of benzene rings is 1. The van der Waals surface area contributed by atoms with Gasteiger partial charge >= 0.3 is 0 Å². The number of amides is 1. The number of H-pyrrole nitrogens is 1. The number of ether oxygens (including phenoxy) is 2. The summed E-state index contributed by atoms with van der Waals surface area (Å²) in [6.07, 6.45) is 4.50. The van der Waals surface area contributed by atoms with Gasteiger partial charge in [0, 0.05) is 29.4 Å². The zero-order chi connectivity index (χ0) is 19.6. The second-order valence-corrected chi connectivity index (χ2v) is 8.19. The first-order valence-corrected chi connectivity index (χ1v) is 9.93. The maximum absolute atomic E-state index is 12.9. The summed E-state index contributed by atoms with van der Waals surface area (Å²) in [5, 5.41) is 3.19. The van der Waals surface area contributed by atoms with Gasteiger partial charge in [-0.1, -0.05) is 12.1 Å². The predicted octanol–water partition coefficient (Wildman–Crippen LogP) is 2.91. The second-order valence-electron chi connectivity index (χ2n) is 8.19. The molecule has 3 aliphatic rings. The highest BCUT2D eigenvalue weighted by atomic mass is 16.5. The van der Waals surface area contributed by atoms with Gasteiger partial charge in [0.25, 0.3) is 5.91 Å². The number of nitrogens with zero attached hydrogens (tertiary/aromatic N) is 1. The number of aryl methyl sites for hydroxylation is 1. The van der Waals surface area contributed by atoms with Crippen LogP contribution in [0.4, 0.5) is 0 Å². The maximum atomic E-state index is 12.9. The molecule has 29 heavy (non-hydrogen) atoms. The molecule has 1 aliphatic carbocycles. The number of pyridine rings is 1. The molecule has 2 aromatic heterocycles. The molecule has 0 radical (unpaired) electrons. The van der Waals surface area contributed by atoms with Gasteiger partial charge in [-0.15, -0.1) is 0 Å². The molecule has 1 spiro atoms. The fourth-order valence-corrected chi connectivity index (χ4v) is 4.81. The van der Waals surface area contributed by atoms with Crippen LogP contribution in [-0.2, 0) is 24.0 Å². The Hall–Kier alpha value is -3.12. The Morgan fingerprint density at radius 1 is 1.21 bits per heavy atom. The highest BCUT2D eigenvalue weighted by Gasteiger charge is 2.46. The van der Waals surface area contributed by atoms with E-state index in [1.54, 1.807) is 7.11 Å². The molecule has 6 heteroatoms. The van der Waals surface area contributed by atoms with E-state index in [4.69, 9.17) is 9.47 Å². The molecule has 0 bridgehead atoms. The third-order valence-electron chi connectivity index (χ3n) is 6.32. The van der Waals surface area contributed by atoms with Gasteiger partial charge in [-0.3, -0.25) is 9.78 Å². The largest absolute Gasteiger partial charge is 0.497 e. The number of nitrogens with one attached hydrogen (secondary N) is 2. The first-order valence-electron chi connectivity index (χ1n) is 9.93. The van der Waals surface area contributed by atoms with Gasteiger partial charge in [-0.25, -0.2) is 0 Å². The van der Waals surface area contributed by atoms with Crippen LogP contribution in [0.15, 0.2) is 36.5 Å². The summed E-state index contributed by atoms with van der Waals surface area (Å²) in [4.78, 5) is 21.2. The van der Waals surface area contributed by atoms with E-state index >= 15 is 0 Å². The van der Waals surface area contributed by atoms with E-state index in [2.05, 4.69) is 21.4 Å². The van der Waals surface area contributed by atoms with E-state index in [-0.39, 0.29) is 11.4 Å². The molecular weight excluding hydrogens is 366 g/mol. The minimum absolute atomic E-state index is 0.0255. The zero-order valence-electron chi connectivity index (χ0n) is 16.2. The maximum Gasteiger partial charge on any atom is 0.254 e. The standard InChI is InChI=1S/C23H21N3O3/c1-28-15-4-2-3-13(7-15)18-8-17-14(10-24-18)5-6-16-20-19(25-21(16)17)9-23(11-29-12-23)26-22(20)27/h2-4,7-8,10,25H,5-6,9,11-12H2,1H3,(H,26,27). The lowest BCUT2D eigenvalue weighted by molar-refractivity contribution is -0.0713. The molecule has 2 aliphatic heterocycles. The molecule has 0 unspecified atom stereocenters. The van der Waals surface area contributed by atoms with Crippen molar-refractivity contribution in [3.63, 3.8) is 0 Å².